The van der Waals surface area contributed by atoms with Crippen molar-refractivity contribution in [2.24, 2.45) is 0 Å². The molecule has 0 saturated heterocycles. The van der Waals surface area contributed by atoms with Crippen molar-refractivity contribution >= 4 is 64.6 Å². The molecule has 13 nitrogen and oxygen atoms in total. The van der Waals surface area contributed by atoms with E-state index in [0.29, 0.717) is 16.1 Å². The van der Waals surface area contributed by atoms with Crippen LogP contribution in [0.25, 0.3) is 12.2 Å². The number of furan rings is 1. The van der Waals surface area contributed by atoms with Gasteiger partial charge in [-0.3, -0.25) is 29.3 Å². The van der Waals surface area contributed by atoms with Gasteiger partial charge in [-0.1, -0.05) is 71.9 Å². The molecule has 3 heterocycles. The third-order valence-corrected chi connectivity index (χ3v) is 9.79. The van der Waals surface area contributed by atoms with Gasteiger partial charge < -0.3 is 19.2 Å². The van der Waals surface area contributed by atoms with Gasteiger partial charge in [0.05, 0.1) is 39.3 Å². The average molecular weight is 754 g/mol. The monoisotopic (exact) mass is 753 g/mol. The molecule has 0 aliphatic heterocycles. The third-order valence-electron chi connectivity index (χ3n) is 8.64. The van der Waals surface area contributed by atoms with Crippen LogP contribution in [-0.4, -0.2) is 58.5 Å². The quantitative estimate of drug-likeness (QED) is 0.116. The minimum atomic E-state index is -1.23. The standard InChI is InChI=1S/C38H35N5O8S2/c1-20-5-10-26-22(13-20)7-8-23-14-21(2)6-11-27(23)33(26)28-18-43(38(48)42-35(28)52)17-25-9-12-30(51-25)34(46)41-37-39-24(19-53-37)15-31(44)40-29(36(47)50-4)16-32(45)49-3/h5-14,18-19,29,33H,15-17H2,1-4H3,(H,40,44)(H,39,41,46)(H,42,48,52)/t29-/m0/s1. The Morgan fingerprint density at radius 3 is 2.30 bits per heavy atom. The number of esters is 2. The largest absolute Gasteiger partial charge is 0.469 e. The molecule has 0 saturated carbocycles. The number of H-pyrrole nitrogens is 1. The van der Waals surface area contributed by atoms with Gasteiger partial charge in [-0.15, -0.1) is 11.3 Å². The number of methoxy groups -OCH3 is 2. The van der Waals surface area contributed by atoms with Gasteiger partial charge in [-0.25, -0.2) is 14.6 Å². The van der Waals surface area contributed by atoms with Gasteiger partial charge in [0.1, 0.15) is 16.4 Å². The van der Waals surface area contributed by atoms with Crippen LogP contribution < -0.4 is 16.3 Å². The molecule has 53 heavy (non-hydrogen) atoms. The van der Waals surface area contributed by atoms with Crippen LogP contribution in [0.3, 0.4) is 0 Å². The Labute approximate surface area is 312 Å². The van der Waals surface area contributed by atoms with E-state index in [1.165, 1.54) is 17.7 Å². The normalized spacial score (nSPS) is 12.6. The van der Waals surface area contributed by atoms with E-state index in [-0.39, 0.29) is 29.8 Å². The zero-order chi connectivity index (χ0) is 37.8. The van der Waals surface area contributed by atoms with E-state index < -0.39 is 41.9 Å². The second kappa shape index (κ2) is 15.8. The second-order valence-electron chi connectivity index (χ2n) is 12.5. The van der Waals surface area contributed by atoms with Crippen LogP contribution in [0.5, 0.6) is 0 Å². The molecule has 3 N–H and O–H groups in total. The van der Waals surface area contributed by atoms with Crippen LogP contribution in [0.15, 0.2) is 69.3 Å². The molecule has 0 fully saturated rings. The highest BCUT2D eigenvalue weighted by Gasteiger charge is 2.27. The molecular weight excluding hydrogens is 719 g/mol. The van der Waals surface area contributed by atoms with Gasteiger partial charge in [0.15, 0.2) is 10.9 Å². The number of benzene rings is 2. The summed E-state index contributed by atoms with van der Waals surface area (Å²) in [5.41, 5.74) is 7.16. The number of rotatable bonds is 11. The summed E-state index contributed by atoms with van der Waals surface area (Å²) in [5.74, 6) is -2.58. The van der Waals surface area contributed by atoms with Gasteiger partial charge in [0.2, 0.25) is 5.91 Å². The number of ether oxygens (including phenoxy) is 2. The first-order valence-electron chi connectivity index (χ1n) is 16.4. The van der Waals surface area contributed by atoms with Crippen LogP contribution >= 0.6 is 23.6 Å². The predicted molar refractivity (Wildman–Crippen MR) is 200 cm³/mol. The Balaban J connectivity index is 1.17. The summed E-state index contributed by atoms with van der Waals surface area (Å²) in [6.45, 7) is 4.12. The molecule has 15 heteroatoms. The van der Waals surface area contributed by atoms with Crippen LogP contribution in [-0.2, 0) is 36.8 Å². The fourth-order valence-electron chi connectivity index (χ4n) is 6.09. The average Bonchev–Trinajstić information content (AvgIpc) is 3.75. The van der Waals surface area contributed by atoms with Crippen LogP contribution in [0.4, 0.5) is 5.13 Å². The molecule has 0 spiro atoms. The fourth-order valence-corrected chi connectivity index (χ4v) is 7.05. The number of carbonyl (C=O) groups excluding carboxylic acids is 4. The Morgan fingerprint density at radius 2 is 1.66 bits per heavy atom. The Bertz CT molecular complexity index is 2330. The summed E-state index contributed by atoms with van der Waals surface area (Å²) in [6, 6.07) is 14.5. The summed E-state index contributed by atoms with van der Waals surface area (Å²) >= 11 is 6.83. The van der Waals surface area contributed by atoms with Gasteiger partial charge >= 0.3 is 17.6 Å². The number of anilines is 1. The maximum absolute atomic E-state index is 13.2. The lowest BCUT2D eigenvalue weighted by Gasteiger charge is -2.22. The number of hydrogen-bond acceptors (Lipinski definition) is 11. The van der Waals surface area contributed by atoms with E-state index in [4.69, 9.17) is 16.6 Å². The third kappa shape index (κ3) is 8.42. The molecule has 0 bridgehead atoms. The Hall–Kier alpha value is -5.93. The minimum Gasteiger partial charge on any atom is -0.469 e. The second-order valence-corrected chi connectivity index (χ2v) is 13.7. The summed E-state index contributed by atoms with van der Waals surface area (Å²) in [7, 11) is 2.31. The van der Waals surface area contributed by atoms with Crippen molar-refractivity contribution in [3.63, 3.8) is 0 Å². The zero-order valence-electron chi connectivity index (χ0n) is 29.2. The van der Waals surface area contributed by atoms with E-state index in [1.807, 2.05) is 13.8 Å². The number of nitrogens with one attached hydrogen (secondary N) is 3. The van der Waals surface area contributed by atoms with Crippen LogP contribution in [0.2, 0.25) is 0 Å². The number of carbonyl (C=O) groups is 4. The van der Waals surface area contributed by atoms with Crippen molar-refractivity contribution in [3.8, 4) is 0 Å². The molecule has 2 aromatic carbocycles. The number of aryl methyl sites for hydroxylation is 2. The van der Waals surface area contributed by atoms with Gasteiger partial charge in [-0.05, 0) is 48.2 Å². The van der Waals surface area contributed by atoms with Crippen molar-refractivity contribution < 1.29 is 33.1 Å². The summed E-state index contributed by atoms with van der Waals surface area (Å²) < 4.78 is 16.9. The molecule has 272 valence electrons. The lowest BCUT2D eigenvalue weighted by molar-refractivity contribution is -0.150. The summed E-state index contributed by atoms with van der Waals surface area (Å²) in [5, 5.41) is 6.86. The highest BCUT2D eigenvalue weighted by atomic mass is 32.1. The van der Waals surface area contributed by atoms with E-state index in [1.54, 1.807) is 17.6 Å². The number of hydrogen-bond donors (Lipinski definition) is 3. The van der Waals surface area contributed by atoms with Gasteiger partial charge in [0, 0.05) is 23.1 Å². The number of amides is 2. The van der Waals surface area contributed by atoms with Crippen LogP contribution in [0.1, 0.15) is 73.3 Å². The van der Waals surface area contributed by atoms with Crippen LogP contribution in [0, 0.1) is 18.5 Å². The van der Waals surface area contributed by atoms with Crippen molar-refractivity contribution in [2.45, 2.75) is 45.2 Å². The SMILES string of the molecule is COC(=O)C[C@H](NC(=O)Cc1csc(NC(=O)c2ccc(Cn3cc(C4c5ccc(C)cc5C=Cc5cc(C)ccc54)c(=S)[nH]c3=O)o2)n1)C(=O)OC. The highest BCUT2D eigenvalue weighted by molar-refractivity contribution is 7.71. The van der Waals surface area contributed by atoms with E-state index in [0.717, 1.165) is 57.4 Å². The smallest absolute Gasteiger partial charge is 0.328 e. The Kier molecular flexibility index (Phi) is 11.0. The lowest BCUT2D eigenvalue weighted by Crippen LogP contribution is -2.43. The lowest BCUT2D eigenvalue weighted by atomic mass is 9.83. The summed E-state index contributed by atoms with van der Waals surface area (Å²) in [6.07, 6.45) is 5.35. The van der Waals surface area contributed by atoms with Crippen molar-refractivity contribution in [3.05, 3.63) is 131 Å². The molecule has 1 aliphatic carbocycles. The Morgan fingerprint density at radius 1 is 0.981 bits per heavy atom. The van der Waals surface area contributed by atoms with E-state index in [9.17, 15) is 24.0 Å². The van der Waals surface area contributed by atoms with E-state index >= 15 is 0 Å². The number of thiazole rings is 1. The number of nitrogens with zero attached hydrogens (tertiary/aromatic N) is 2. The van der Waals surface area contributed by atoms with Crippen molar-refractivity contribution in [1.29, 1.82) is 0 Å². The van der Waals surface area contributed by atoms with E-state index in [2.05, 4.69) is 78.6 Å². The number of fused-ring (bicyclic) bond motifs is 2. The molecule has 1 atom stereocenters. The first-order chi connectivity index (χ1) is 25.4. The predicted octanol–water partition coefficient (Wildman–Crippen LogP) is 5.30. The number of aromatic amines is 1. The molecule has 0 radical (unpaired) electrons. The molecule has 5 aromatic rings. The summed E-state index contributed by atoms with van der Waals surface area (Å²) in [4.78, 5) is 69.6. The molecule has 3 aromatic heterocycles. The van der Waals surface area contributed by atoms with Crippen molar-refractivity contribution in [2.75, 3.05) is 19.5 Å². The maximum Gasteiger partial charge on any atom is 0.328 e. The van der Waals surface area contributed by atoms with Gasteiger partial charge in [0.25, 0.3) is 5.91 Å². The first kappa shape index (κ1) is 36.8. The topological polar surface area (TPSA) is 175 Å². The molecule has 2 amide bonds. The minimum absolute atomic E-state index is 0.0150. The first-order valence-corrected chi connectivity index (χ1v) is 17.7. The van der Waals surface area contributed by atoms with Crippen molar-refractivity contribution in [1.82, 2.24) is 19.9 Å². The van der Waals surface area contributed by atoms with Gasteiger partial charge in [-0.2, -0.15) is 0 Å². The zero-order valence-corrected chi connectivity index (χ0v) is 30.8. The molecule has 6 rings (SSSR count). The molecule has 1 aliphatic rings. The molecular formula is C38H35N5O8S2. The number of aromatic nitrogens is 3. The fraction of sp³-hybridized carbons (Fsp3) is 0.237. The molecule has 0 unspecified atom stereocenters. The maximum atomic E-state index is 13.2. The highest BCUT2D eigenvalue weighted by Crippen LogP contribution is 2.40.